The third kappa shape index (κ3) is 4.75. The Labute approximate surface area is 174 Å². The number of anilines is 1. The fourth-order valence-electron chi connectivity index (χ4n) is 3.61. The van der Waals surface area contributed by atoms with Gasteiger partial charge in [-0.25, -0.2) is 9.78 Å². The van der Waals surface area contributed by atoms with Crippen molar-refractivity contribution in [3.05, 3.63) is 76.1 Å². The number of methoxy groups -OCH3 is 1. The lowest BCUT2D eigenvalue weighted by Crippen LogP contribution is -2.41. The zero-order chi connectivity index (χ0) is 20.1. The number of pyridine rings is 1. The van der Waals surface area contributed by atoms with E-state index in [-0.39, 0.29) is 12.1 Å². The highest BCUT2D eigenvalue weighted by atomic mass is 32.1. The smallest absolute Gasteiger partial charge is 0.319 e. The van der Waals surface area contributed by atoms with Crippen molar-refractivity contribution >= 4 is 23.1 Å². The summed E-state index contributed by atoms with van der Waals surface area (Å²) in [6, 6.07) is 15.9. The molecule has 0 spiro atoms. The quantitative estimate of drug-likeness (QED) is 0.645. The molecule has 0 unspecified atom stereocenters. The number of nitrogens with one attached hydrogen (secondary N) is 2. The molecule has 0 bridgehead atoms. The highest BCUT2D eigenvalue weighted by molar-refractivity contribution is 7.10. The van der Waals surface area contributed by atoms with E-state index in [1.165, 1.54) is 16.0 Å². The lowest BCUT2D eigenvalue weighted by Gasteiger charge is -2.35. The lowest BCUT2D eigenvalue weighted by atomic mass is 10.0. The predicted molar refractivity (Wildman–Crippen MR) is 115 cm³/mol. The molecule has 6 nitrogen and oxygen atoms in total. The first-order valence-electron chi connectivity index (χ1n) is 9.62. The first-order valence-corrected chi connectivity index (χ1v) is 10.5. The molecule has 0 saturated carbocycles. The topological polar surface area (TPSA) is 66.5 Å². The Kier molecular flexibility index (Phi) is 6.07. The van der Waals surface area contributed by atoms with Crippen molar-refractivity contribution in [2.24, 2.45) is 0 Å². The van der Waals surface area contributed by atoms with Gasteiger partial charge in [-0.05, 0) is 35.1 Å². The average Bonchev–Trinajstić information content (AvgIpc) is 3.23. The summed E-state index contributed by atoms with van der Waals surface area (Å²) in [6.07, 6.45) is 2.63. The summed E-state index contributed by atoms with van der Waals surface area (Å²) in [7, 11) is 1.56. The molecule has 1 aliphatic heterocycles. The van der Waals surface area contributed by atoms with Gasteiger partial charge < -0.3 is 15.4 Å². The Morgan fingerprint density at radius 2 is 2.10 bits per heavy atom. The summed E-state index contributed by atoms with van der Waals surface area (Å²) in [5.41, 5.74) is 3.23. The van der Waals surface area contributed by atoms with Crippen LogP contribution in [-0.4, -0.2) is 36.1 Å². The van der Waals surface area contributed by atoms with Gasteiger partial charge in [-0.2, -0.15) is 0 Å². The number of ether oxygens (including phenoxy) is 1. The van der Waals surface area contributed by atoms with Gasteiger partial charge in [0.2, 0.25) is 5.88 Å². The molecule has 0 radical (unpaired) electrons. The minimum Gasteiger partial charge on any atom is -0.481 e. The van der Waals surface area contributed by atoms with Crippen LogP contribution in [0.1, 0.15) is 22.0 Å². The maximum absolute atomic E-state index is 12.4. The zero-order valence-electron chi connectivity index (χ0n) is 16.3. The maximum Gasteiger partial charge on any atom is 0.319 e. The van der Waals surface area contributed by atoms with Gasteiger partial charge in [0.15, 0.2) is 0 Å². The average molecular weight is 409 g/mol. The Balaban J connectivity index is 1.42. The molecule has 0 aliphatic carbocycles. The van der Waals surface area contributed by atoms with Gasteiger partial charge in [-0.1, -0.05) is 30.3 Å². The van der Waals surface area contributed by atoms with E-state index in [1.54, 1.807) is 25.4 Å². The van der Waals surface area contributed by atoms with Crippen LogP contribution in [0.25, 0.3) is 0 Å². The summed E-state index contributed by atoms with van der Waals surface area (Å²) >= 11 is 1.84. The molecule has 4 rings (SSSR count). The van der Waals surface area contributed by atoms with Crippen molar-refractivity contribution in [3.8, 4) is 5.88 Å². The monoisotopic (exact) mass is 408 g/mol. The predicted octanol–water partition coefficient (Wildman–Crippen LogP) is 4.07. The van der Waals surface area contributed by atoms with Crippen LogP contribution in [0.2, 0.25) is 0 Å². The molecule has 0 saturated heterocycles. The molecule has 1 atom stereocenters. The Morgan fingerprint density at radius 3 is 2.86 bits per heavy atom. The van der Waals surface area contributed by atoms with Crippen LogP contribution >= 0.6 is 11.3 Å². The Bertz CT molecular complexity index is 943. The van der Waals surface area contributed by atoms with Gasteiger partial charge in [0.25, 0.3) is 0 Å². The Morgan fingerprint density at radius 1 is 1.24 bits per heavy atom. The first-order chi connectivity index (χ1) is 14.2. The molecule has 2 amide bonds. The van der Waals surface area contributed by atoms with Gasteiger partial charge in [-0.3, -0.25) is 4.90 Å². The van der Waals surface area contributed by atoms with Crippen molar-refractivity contribution < 1.29 is 9.53 Å². The third-order valence-electron chi connectivity index (χ3n) is 5.12. The minimum atomic E-state index is -0.244. The highest BCUT2D eigenvalue weighted by Crippen LogP contribution is 2.30. The van der Waals surface area contributed by atoms with Crippen molar-refractivity contribution in [1.29, 1.82) is 0 Å². The number of aromatic nitrogens is 1. The van der Waals surface area contributed by atoms with Crippen molar-refractivity contribution in [2.45, 2.75) is 19.0 Å². The van der Waals surface area contributed by atoms with Crippen molar-refractivity contribution in [1.82, 2.24) is 15.2 Å². The van der Waals surface area contributed by atoms with Crippen molar-refractivity contribution in [3.63, 3.8) is 0 Å². The summed E-state index contributed by atoms with van der Waals surface area (Å²) in [5.74, 6) is 0.512. The van der Waals surface area contributed by atoms with Crippen LogP contribution in [0.3, 0.4) is 0 Å². The normalized spacial score (nSPS) is 14.7. The van der Waals surface area contributed by atoms with E-state index in [4.69, 9.17) is 4.74 Å². The van der Waals surface area contributed by atoms with Gasteiger partial charge in [0, 0.05) is 30.6 Å². The molecule has 3 heterocycles. The fraction of sp³-hybridized carbons (Fsp3) is 0.273. The largest absolute Gasteiger partial charge is 0.481 e. The summed E-state index contributed by atoms with van der Waals surface area (Å²) < 4.78 is 5.04. The molecule has 2 aromatic heterocycles. The van der Waals surface area contributed by atoms with Gasteiger partial charge in [0.1, 0.15) is 0 Å². The number of amides is 2. The van der Waals surface area contributed by atoms with Crippen LogP contribution in [0.15, 0.2) is 60.1 Å². The molecular weight excluding hydrogens is 384 g/mol. The SMILES string of the molecule is COc1ccc(NC(=O)NC[C@@H](c2ccccc2)N2CCc3sccc3C2)cn1. The molecule has 29 heavy (non-hydrogen) atoms. The molecule has 1 aliphatic rings. The van der Waals surface area contributed by atoms with Crippen LogP contribution in [0.4, 0.5) is 10.5 Å². The summed E-state index contributed by atoms with van der Waals surface area (Å²) in [4.78, 5) is 20.5. The number of urea groups is 1. The second-order valence-corrected chi connectivity index (χ2v) is 7.94. The van der Waals surface area contributed by atoms with E-state index >= 15 is 0 Å². The third-order valence-corrected chi connectivity index (χ3v) is 6.14. The zero-order valence-corrected chi connectivity index (χ0v) is 17.1. The van der Waals surface area contributed by atoms with E-state index in [1.807, 2.05) is 29.5 Å². The van der Waals surface area contributed by atoms with E-state index in [0.717, 1.165) is 19.5 Å². The molecule has 3 aromatic rings. The maximum atomic E-state index is 12.4. The van der Waals surface area contributed by atoms with Gasteiger partial charge in [0.05, 0.1) is 25.0 Å². The summed E-state index contributed by atoms with van der Waals surface area (Å²) in [6.45, 7) is 2.42. The van der Waals surface area contributed by atoms with Crippen LogP contribution < -0.4 is 15.4 Å². The number of benzene rings is 1. The minimum absolute atomic E-state index is 0.115. The number of nitrogens with zero attached hydrogens (tertiary/aromatic N) is 2. The number of thiophene rings is 1. The molecule has 2 N–H and O–H groups in total. The van der Waals surface area contributed by atoms with E-state index in [0.29, 0.717) is 18.1 Å². The van der Waals surface area contributed by atoms with Crippen molar-refractivity contribution in [2.75, 3.05) is 25.5 Å². The molecule has 0 fully saturated rings. The number of fused-ring (bicyclic) bond motifs is 1. The van der Waals surface area contributed by atoms with Crippen LogP contribution in [-0.2, 0) is 13.0 Å². The van der Waals surface area contributed by atoms with Gasteiger partial charge >= 0.3 is 6.03 Å². The highest BCUT2D eigenvalue weighted by Gasteiger charge is 2.25. The number of carbonyl (C=O) groups excluding carboxylic acids is 1. The number of hydrogen-bond donors (Lipinski definition) is 2. The van der Waals surface area contributed by atoms with E-state index in [2.05, 4.69) is 44.1 Å². The number of carbonyl (C=O) groups is 1. The lowest BCUT2D eigenvalue weighted by molar-refractivity contribution is 0.177. The summed E-state index contributed by atoms with van der Waals surface area (Å²) in [5, 5.41) is 8.02. The first kappa shape index (κ1) is 19.4. The van der Waals surface area contributed by atoms with E-state index < -0.39 is 0 Å². The Hall–Kier alpha value is -2.90. The van der Waals surface area contributed by atoms with E-state index in [9.17, 15) is 4.79 Å². The number of rotatable bonds is 6. The number of hydrogen-bond acceptors (Lipinski definition) is 5. The molecule has 7 heteroatoms. The standard InChI is InChI=1S/C22H24N4O2S/c1-28-21-8-7-18(13-23-21)25-22(27)24-14-19(16-5-3-2-4-6-16)26-11-9-20-17(15-26)10-12-29-20/h2-8,10,12-13,19H,9,11,14-15H2,1H3,(H2,24,25,27)/t19-/m0/s1. The second-order valence-electron chi connectivity index (χ2n) is 6.94. The molecule has 150 valence electrons. The molecular formula is C22H24N4O2S. The second kappa shape index (κ2) is 9.07. The van der Waals surface area contributed by atoms with Gasteiger partial charge in [-0.15, -0.1) is 11.3 Å². The fourth-order valence-corrected chi connectivity index (χ4v) is 4.50. The molecule has 1 aromatic carbocycles. The van der Waals surface area contributed by atoms with Crippen LogP contribution in [0, 0.1) is 0 Å². The van der Waals surface area contributed by atoms with Crippen LogP contribution in [0.5, 0.6) is 5.88 Å².